The fourth-order valence-electron chi connectivity index (χ4n) is 2.83. The molecule has 19 heavy (non-hydrogen) atoms. The average molecular weight is 260 g/mol. The van der Waals surface area contributed by atoms with Crippen molar-refractivity contribution in [3.63, 3.8) is 0 Å². The van der Waals surface area contributed by atoms with Crippen molar-refractivity contribution in [2.75, 3.05) is 29.9 Å². The van der Waals surface area contributed by atoms with E-state index in [1.54, 1.807) is 6.33 Å². The zero-order valence-corrected chi connectivity index (χ0v) is 11.8. The second kappa shape index (κ2) is 5.76. The maximum absolute atomic E-state index is 4.43. The van der Waals surface area contributed by atoms with Crippen LogP contribution in [0.15, 0.2) is 12.4 Å². The second-order valence-corrected chi connectivity index (χ2v) is 6.11. The highest BCUT2D eigenvalue weighted by Crippen LogP contribution is 2.32. The Balaban J connectivity index is 1.58. The Morgan fingerprint density at radius 2 is 2.21 bits per heavy atom. The predicted octanol–water partition coefficient (Wildman–Crippen LogP) is 2.92. The first-order valence-electron chi connectivity index (χ1n) is 7.62. The first-order valence-corrected chi connectivity index (χ1v) is 7.62. The molecule has 1 saturated carbocycles. The molecule has 4 heteroatoms. The van der Waals surface area contributed by atoms with Gasteiger partial charge in [-0.2, -0.15) is 0 Å². The van der Waals surface area contributed by atoms with Crippen molar-refractivity contribution in [2.24, 2.45) is 11.8 Å². The van der Waals surface area contributed by atoms with Crippen LogP contribution in [0.2, 0.25) is 0 Å². The van der Waals surface area contributed by atoms with Crippen molar-refractivity contribution in [1.29, 1.82) is 0 Å². The number of anilines is 2. The number of hydrogen-bond donors (Lipinski definition) is 1. The van der Waals surface area contributed by atoms with Gasteiger partial charge in [-0.15, -0.1) is 0 Å². The summed E-state index contributed by atoms with van der Waals surface area (Å²) in [6, 6.07) is 2.10. The SMILES string of the molecule is CC1CCCN(c2cc(NCCC3CC3)ncn2)C1. The lowest BCUT2D eigenvalue weighted by atomic mass is 10.0. The van der Waals surface area contributed by atoms with Gasteiger partial charge in [-0.05, 0) is 31.1 Å². The Labute approximate surface area is 115 Å². The Hall–Kier alpha value is -1.32. The molecule has 0 bridgehead atoms. The van der Waals surface area contributed by atoms with Crippen LogP contribution in [0.3, 0.4) is 0 Å². The fraction of sp³-hybridized carbons (Fsp3) is 0.733. The molecule has 104 valence electrons. The lowest BCUT2D eigenvalue weighted by Crippen LogP contribution is -2.34. The van der Waals surface area contributed by atoms with Crippen LogP contribution in [0, 0.1) is 11.8 Å². The number of nitrogens with one attached hydrogen (secondary N) is 1. The lowest BCUT2D eigenvalue weighted by Gasteiger charge is -2.31. The molecule has 1 atom stereocenters. The van der Waals surface area contributed by atoms with Crippen molar-refractivity contribution in [1.82, 2.24) is 9.97 Å². The minimum atomic E-state index is 0.773. The molecule has 1 aromatic heterocycles. The normalized spacial score (nSPS) is 23.4. The average Bonchev–Trinajstić information content (AvgIpc) is 3.23. The van der Waals surface area contributed by atoms with Gasteiger partial charge in [-0.25, -0.2) is 9.97 Å². The van der Waals surface area contributed by atoms with Gasteiger partial charge in [0, 0.05) is 25.7 Å². The Bertz CT molecular complexity index is 416. The third-order valence-corrected chi connectivity index (χ3v) is 4.19. The molecule has 0 radical (unpaired) electrons. The van der Waals surface area contributed by atoms with Gasteiger partial charge in [-0.1, -0.05) is 19.8 Å². The van der Waals surface area contributed by atoms with Crippen LogP contribution in [0.4, 0.5) is 11.6 Å². The van der Waals surface area contributed by atoms with Crippen LogP contribution in [0.5, 0.6) is 0 Å². The van der Waals surface area contributed by atoms with Gasteiger partial charge in [-0.3, -0.25) is 0 Å². The summed E-state index contributed by atoms with van der Waals surface area (Å²) in [6.45, 7) is 5.61. The van der Waals surface area contributed by atoms with E-state index in [1.165, 1.54) is 32.1 Å². The van der Waals surface area contributed by atoms with Crippen LogP contribution >= 0.6 is 0 Å². The van der Waals surface area contributed by atoms with E-state index in [1.807, 2.05) is 0 Å². The minimum Gasteiger partial charge on any atom is -0.370 e. The Morgan fingerprint density at radius 3 is 3.00 bits per heavy atom. The van der Waals surface area contributed by atoms with E-state index in [4.69, 9.17) is 0 Å². The van der Waals surface area contributed by atoms with Gasteiger partial charge in [0.1, 0.15) is 18.0 Å². The third kappa shape index (κ3) is 3.58. The molecule has 0 spiro atoms. The van der Waals surface area contributed by atoms with Crippen molar-refractivity contribution in [2.45, 2.75) is 39.0 Å². The maximum atomic E-state index is 4.43. The van der Waals surface area contributed by atoms with E-state index in [0.717, 1.165) is 43.1 Å². The molecule has 1 aromatic rings. The van der Waals surface area contributed by atoms with Crippen LogP contribution in [0.25, 0.3) is 0 Å². The molecule has 3 rings (SSSR count). The predicted molar refractivity (Wildman–Crippen MR) is 78.5 cm³/mol. The molecular weight excluding hydrogens is 236 g/mol. The van der Waals surface area contributed by atoms with Crippen molar-refractivity contribution >= 4 is 11.6 Å². The van der Waals surface area contributed by atoms with Gasteiger partial charge in [0.25, 0.3) is 0 Å². The molecule has 1 saturated heterocycles. The topological polar surface area (TPSA) is 41.0 Å². The summed E-state index contributed by atoms with van der Waals surface area (Å²) in [6.07, 6.45) is 8.42. The summed E-state index contributed by atoms with van der Waals surface area (Å²) in [4.78, 5) is 11.1. The van der Waals surface area contributed by atoms with Crippen LogP contribution in [0.1, 0.15) is 39.0 Å². The highest BCUT2D eigenvalue weighted by atomic mass is 15.2. The van der Waals surface area contributed by atoms with Gasteiger partial charge >= 0.3 is 0 Å². The molecule has 1 aliphatic heterocycles. The highest BCUT2D eigenvalue weighted by Gasteiger charge is 2.20. The molecule has 1 unspecified atom stereocenters. The summed E-state index contributed by atoms with van der Waals surface area (Å²) < 4.78 is 0. The van der Waals surface area contributed by atoms with Gasteiger partial charge in [0.15, 0.2) is 0 Å². The van der Waals surface area contributed by atoms with Gasteiger partial charge in [0.2, 0.25) is 0 Å². The van der Waals surface area contributed by atoms with E-state index in [9.17, 15) is 0 Å². The van der Waals surface area contributed by atoms with Crippen molar-refractivity contribution in [3.8, 4) is 0 Å². The van der Waals surface area contributed by atoms with Gasteiger partial charge < -0.3 is 10.2 Å². The number of piperidine rings is 1. The van der Waals surface area contributed by atoms with E-state index in [-0.39, 0.29) is 0 Å². The smallest absolute Gasteiger partial charge is 0.134 e. The van der Waals surface area contributed by atoms with Gasteiger partial charge in [0.05, 0.1) is 0 Å². The second-order valence-electron chi connectivity index (χ2n) is 6.11. The molecule has 2 heterocycles. The molecular formula is C15H24N4. The summed E-state index contributed by atoms with van der Waals surface area (Å²) >= 11 is 0. The summed E-state index contributed by atoms with van der Waals surface area (Å²) in [5.74, 6) is 3.80. The number of hydrogen-bond acceptors (Lipinski definition) is 4. The number of rotatable bonds is 5. The third-order valence-electron chi connectivity index (χ3n) is 4.19. The summed E-state index contributed by atoms with van der Waals surface area (Å²) in [7, 11) is 0. The van der Waals surface area contributed by atoms with Crippen LogP contribution < -0.4 is 10.2 Å². The Morgan fingerprint density at radius 1 is 1.32 bits per heavy atom. The first-order chi connectivity index (χ1) is 9.31. The molecule has 1 aliphatic carbocycles. The molecule has 1 N–H and O–H groups in total. The largest absolute Gasteiger partial charge is 0.370 e. The van der Waals surface area contributed by atoms with Crippen molar-refractivity contribution in [3.05, 3.63) is 12.4 Å². The van der Waals surface area contributed by atoms with Crippen LogP contribution in [-0.4, -0.2) is 29.6 Å². The minimum absolute atomic E-state index is 0.773. The maximum Gasteiger partial charge on any atom is 0.134 e. The molecule has 0 aromatic carbocycles. The zero-order chi connectivity index (χ0) is 13.1. The van der Waals surface area contributed by atoms with E-state index in [2.05, 4.69) is 33.2 Å². The zero-order valence-electron chi connectivity index (χ0n) is 11.8. The van der Waals surface area contributed by atoms with E-state index >= 15 is 0 Å². The monoisotopic (exact) mass is 260 g/mol. The first kappa shape index (κ1) is 12.7. The standard InChI is InChI=1S/C15H24N4/c1-12-3-2-8-19(10-12)15-9-14(17-11-18-15)16-7-6-13-4-5-13/h9,11-13H,2-8,10H2,1H3,(H,16,17,18). The Kier molecular flexibility index (Phi) is 3.85. The summed E-state index contributed by atoms with van der Waals surface area (Å²) in [5.41, 5.74) is 0. The summed E-state index contributed by atoms with van der Waals surface area (Å²) in [5, 5.41) is 3.43. The van der Waals surface area contributed by atoms with E-state index < -0.39 is 0 Å². The molecule has 2 fully saturated rings. The molecule has 0 amide bonds. The molecule has 4 nitrogen and oxygen atoms in total. The lowest BCUT2D eigenvalue weighted by molar-refractivity contribution is 0.444. The quantitative estimate of drug-likeness (QED) is 0.883. The van der Waals surface area contributed by atoms with Crippen molar-refractivity contribution < 1.29 is 0 Å². The molecule has 2 aliphatic rings. The highest BCUT2D eigenvalue weighted by molar-refractivity contribution is 5.48. The number of aromatic nitrogens is 2. The van der Waals surface area contributed by atoms with E-state index in [0.29, 0.717) is 0 Å². The number of nitrogens with zero attached hydrogens (tertiary/aromatic N) is 3. The van der Waals surface area contributed by atoms with Crippen LogP contribution in [-0.2, 0) is 0 Å². The fourth-order valence-corrected chi connectivity index (χ4v) is 2.83.